The Morgan fingerprint density at radius 2 is 2.33 bits per heavy atom. The molecule has 0 amide bonds. The minimum absolute atomic E-state index is 0.0548. The summed E-state index contributed by atoms with van der Waals surface area (Å²) in [6.07, 6.45) is 1.06. The van der Waals surface area contributed by atoms with Crippen molar-refractivity contribution in [1.82, 2.24) is 0 Å². The number of oxime groups is 1. The zero-order valence-corrected chi connectivity index (χ0v) is 9.98. The maximum Gasteiger partial charge on any atom is 0.172 e. The number of rotatable bonds is 4. The van der Waals surface area contributed by atoms with Gasteiger partial charge in [0.1, 0.15) is 0 Å². The molecule has 3 nitrogen and oxygen atoms in total. The SMILES string of the molecule is CCCSc1cccc(Cl)c1C(N)=NO. The topological polar surface area (TPSA) is 58.6 Å². The Morgan fingerprint density at radius 1 is 1.60 bits per heavy atom. The molecule has 0 atom stereocenters. The predicted octanol–water partition coefficient (Wildman–Crippen LogP) is 2.94. The lowest BCUT2D eigenvalue weighted by atomic mass is 10.2. The van der Waals surface area contributed by atoms with Crippen molar-refractivity contribution in [3.05, 3.63) is 28.8 Å². The number of benzene rings is 1. The van der Waals surface area contributed by atoms with Crippen LogP contribution in [0.15, 0.2) is 28.3 Å². The summed E-state index contributed by atoms with van der Waals surface area (Å²) in [4.78, 5) is 0.944. The van der Waals surface area contributed by atoms with Gasteiger partial charge in [-0.05, 0) is 24.3 Å². The lowest BCUT2D eigenvalue weighted by Gasteiger charge is -2.08. The quantitative estimate of drug-likeness (QED) is 0.282. The molecule has 15 heavy (non-hydrogen) atoms. The Labute approximate surface area is 98.3 Å². The molecular formula is C10H13ClN2OS. The summed E-state index contributed by atoms with van der Waals surface area (Å²) in [7, 11) is 0. The van der Waals surface area contributed by atoms with E-state index in [9.17, 15) is 0 Å². The van der Waals surface area contributed by atoms with Crippen LogP contribution in [0.5, 0.6) is 0 Å². The van der Waals surface area contributed by atoms with E-state index in [1.54, 1.807) is 17.8 Å². The molecule has 0 spiro atoms. The molecule has 3 N–H and O–H groups in total. The van der Waals surface area contributed by atoms with Gasteiger partial charge in [0.25, 0.3) is 0 Å². The minimum Gasteiger partial charge on any atom is -0.409 e. The van der Waals surface area contributed by atoms with E-state index in [0.717, 1.165) is 17.1 Å². The average molecular weight is 245 g/mol. The third-order valence-electron chi connectivity index (χ3n) is 1.80. The van der Waals surface area contributed by atoms with E-state index in [4.69, 9.17) is 22.5 Å². The van der Waals surface area contributed by atoms with Crippen LogP contribution in [-0.4, -0.2) is 16.8 Å². The van der Waals surface area contributed by atoms with E-state index in [0.29, 0.717) is 10.6 Å². The smallest absolute Gasteiger partial charge is 0.172 e. The highest BCUT2D eigenvalue weighted by atomic mass is 35.5. The number of hydrogen-bond donors (Lipinski definition) is 2. The Hall–Kier alpha value is -0.870. The first-order chi connectivity index (χ1) is 7.20. The number of amidine groups is 1. The molecule has 1 rings (SSSR count). The van der Waals surface area contributed by atoms with Gasteiger partial charge in [-0.1, -0.05) is 29.7 Å². The monoisotopic (exact) mass is 244 g/mol. The third kappa shape index (κ3) is 3.04. The molecule has 0 aliphatic carbocycles. The zero-order chi connectivity index (χ0) is 11.3. The van der Waals surface area contributed by atoms with Gasteiger partial charge in [0.2, 0.25) is 0 Å². The third-order valence-corrected chi connectivity index (χ3v) is 3.38. The first kappa shape index (κ1) is 12.2. The van der Waals surface area contributed by atoms with Gasteiger partial charge in [-0.3, -0.25) is 0 Å². The van der Waals surface area contributed by atoms with Crippen LogP contribution in [0.4, 0.5) is 0 Å². The Bertz CT molecular complexity index is 368. The highest BCUT2D eigenvalue weighted by molar-refractivity contribution is 7.99. The van der Waals surface area contributed by atoms with Gasteiger partial charge in [-0.15, -0.1) is 11.8 Å². The van der Waals surface area contributed by atoms with Crippen LogP contribution in [0.25, 0.3) is 0 Å². The molecule has 0 bridgehead atoms. The molecule has 0 aromatic heterocycles. The second-order valence-corrected chi connectivity index (χ2v) is 4.49. The minimum atomic E-state index is 0.0548. The van der Waals surface area contributed by atoms with E-state index in [2.05, 4.69) is 12.1 Å². The fourth-order valence-corrected chi connectivity index (χ4v) is 2.42. The van der Waals surface area contributed by atoms with Crippen LogP contribution in [-0.2, 0) is 0 Å². The van der Waals surface area contributed by atoms with Gasteiger partial charge in [0.15, 0.2) is 5.84 Å². The zero-order valence-electron chi connectivity index (χ0n) is 8.40. The maximum atomic E-state index is 8.66. The molecule has 1 aromatic carbocycles. The first-order valence-corrected chi connectivity index (χ1v) is 5.96. The van der Waals surface area contributed by atoms with Gasteiger partial charge in [0, 0.05) is 4.90 Å². The van der Waals surface area contributed by atoms with Crippen LogP contribution >= 0.6 is 23.4 Å². The van der Waals surface area contributed by atoms with Gasteiger partial charge in [-0.25, -0.2) is 0 Å². The summed E-state index contributed by atoms with van der Waals surface area (Å²) >= 11 is 7.65. The number of hydrogen-bond acceptors (Lipinski definition) is 3. The second kappa shape index (κ2) is 5.88. The van der Waals surface area contributed by atoms with Crippen LogP contribution in [0.1, 0.15) is 18.9 Å². The van der Waals surface area contributed by atoms with Crippen molar-refractivity contribution < 1.29 is 5.21 Å². The largest absolute Gasteiger partial charge is 0.409 e. The van der Waals surface area contributed by atoms with E-state index < -0.39 is 0 Å². The molecule has 0 heterocycles. The maximum absolute atomic E-state index is 8.66. The predicted molar refractivity (Wildman–Crippen MR) is 65.0 cm³/mol. The molecule has 0 aliphatic heterocycles. The first-order valence-electron chi connectivity index (χ1n) is 4.60. The van der Waals surface area contributed by atoms with E-state index >= 15 is 0 Å². The molecule has 0 radical (unpaired) electrons. The van der Waals surface area contributed by atoms with Crippen LogP contribution in [0.2, 0.25) is 5.02 Å². The molecular weight excluding hydrogens is 232 g/mol. The van der Waals surface area contributed by atoms with Crippen molar-refractivity contribution in [3.8, 4) is 0 Å². The average Bonchev–Trinajstić information content (AvgIpc) is 2.25. The number of nitrogens with two attached hydrogens (primary N) is 1. The number of nitrogens with zero attached hydrogens (tertiary/aromatic N) is 1. The van der Waals surface area contributed by atoms with Crippen LogP contribution in [0, 0.1) is 0 Å². The summed E-state index contributed by atoms with van der Waals surface area (Å²) in [5.41, 5.74) is 6.18. The van der Waals surface area contributed by atoms with Gasteiger partial charge in [0.05, 0.1) is 10.6 Å². The van der Waals surface area contributed by atoms with Gasteiger partial charge in [-0.2, -0.15) is 0 Å². The van der Waals surface area contributed by atoms with Crippen molar-refractivity contribution >= 4 is 29.2 Å². The molecule has 0 aliphatic rings. The molecule has 0 saturated carbocycles. The molecule has 5 heteroatoms. The summed E-state index contributed by atoms with van der Waals surface area (Å²) in [6, 6.07) is 5.50. The van der Waals surface area contributed by atoms with E-state index in [1.165, 1.54) is 0 Å². The van der Waals surface area contributed by atoms with Gasteiger partial charge >= 0.3 is 0 Å². The molecule has 0 fully saturated rings. The number of halogens is 1. The number of thioether (sulfide) groups is 1. The summed E-state index contributed by atoms with van der Waals surface area (Å²) in [5.74, 6) is 1.03. The highest BCUT2D eigenvalue weighted by Gasteiger charge is 2.11. The highest BCUT2D eigenvalue weighted by Crippen LogP contribution is 2.28. The standard InChI is InChI=1S/C10H13ClN2OS/c1-2-6-15-8-5-3-4-7(11)9(8)10(12)13-14/h3-5,14H,2,6H2,1H3,(H2,12,13). The van der Waals surface area contributed by atoms with Crippen molar-refractivity contribution in [1.29, 1.82) is 0 Å². The van der Waals surface area contributed by atoms with E-state index in [1.807, 2.05) is 12.1 Å². The molecule has 0 saturated heterocycles. The van der Waals surface area contributed by atoms with Crippen molar-refractivity contribution in [2.24, 2.45) is 10.9 Å². The van der Waals surface area contributed by atoms with Gasteiger partial charge < -0.3 is 10.9 Å². The Morgan fingerprint density at radius 3 is 2.93 bits per heavy atom. The van der Waals surface area contributed by atoms with Crippen LogP contribution < -0.4 is 5.73 Å². The van der Waals surface area contributed by atoms with Crippen LogP contribution in [0.3, 0.4) is 0 Å². The normalized spacial score (nSPS) is 11.7. The fourth-order valence-electron chi connectivity index (χ4n) is 1.14. The summed E-state index contributed by atoms with van der Waals surface area (Å²) in [6.45, 7) is 2.10. The van der Waals surface area contributed by atoms with Crippen molar-refractivity contribution in [2.75, 3.05) is 5.75 Å². The Balaban J connectivity index is 3.09. The van der Waals surface area contributed by atoms with Crippen molar-refractivity contribution in [2.45, 2.75) is 18.2 Å². The molecule has 82 valence electrons. The summed E-state index contributed by atoms with van der Waals surface area (Å²) in [5, 5.41) is 12.1. The lowest BCUT2D eigenvalue weighted by molar-refractivity contribution is 0.318. The van der Waals surface area contributed by atoms with Crippen molar-refractivity contribution in [3.63, 3.8) is 0 Å². The fraction of sp³-hybridized carbons (Fsp3) is 0.300. The lowest BCUT2D eigenvalue weighted by Crippen LogP contribution is -2.15. The second-order valence-electron chi connectivity index (χ2n) is 2.95. The van der Waals surface area contributed by atoms with E-state index in [-0.39, 0.29) is 5.84 Å². The Kier molecular flexibility index (Phi) is 4.78. The molecule has 1 aromatic rings. The summed E-state index contributed by atoms with van der Waals surface area (Å²) < 4.78 is 0. The molecule has 0 unspecified atom stereocenters.